The number of phenolic OH excluding ortho intramolecular Hbond substituents is 1. The molecule has 1 rings (SSSR count). The fourth-order valence-corrected chi connectivity index (χ4v) is 1.60. The summed E-state index contributed by atoms with van der Waals surface area (Å²) in [5.74, 6) is 0.0146. The van der Waals surface area contributed by atoms with E-state index >= 15 is 0 Å². The zero-order chi connectivity index (χ0) is 9.35. The lowest BCUT2D eigenvalue weighted by Crippen LogP contribution is -2.00. The van der Waals surface area contributed by atoms with Gasteiger partial charge in [-0.3, -0.25) is 0 Å². The molecule has 0 aromatic heterocycles. The Morgan fingerprint density at radius 2 is 1.75 bits per heavy atom. The van der Waals surface area contributed by atoms with Gasteiger partial charge in [0.2, 0.25) is 3.79 Å². The van der Waals surface area contributed by atoms with Crippen LogP contribution in [0.15, 0.2) is 18.2 Å². The maximum Gasteiger partial charge on any atom is 0.217 e. The highest BCUT2D eigenvalue weighted by Crippen LogP contribution is 2.42. The molecule has 0 saturated heterocycles. The lowest BCUT2D eigenvalue weighted by atomic mass is 10.2. The van der Waals surface area contributed by atoms with Crippen molar-refractivity contribution in [2.24, 2.45) is 0 Å². The molecule has 0 heterocycles. The van der Waals surface area contributed by atoms with Crippen LogP contribution >= 0.6 is 46.4 Å². The van der Waals surface area contributed by atoms with Gasteiger partial charge in [0.15, 0.2) is 0 Å². The Labute approximate surface area is 89.8 Å². The quantitative estimate of drug-likeness (QED) is 0.688. The summed E-state index contributed by atoms with van der Waals surface area (Å²) in [4.78, 5) is 0. The van der Waals surface area contributed by atoms with Gasteiger partial charge < -0.3 is 5.11 Å². The Morgan fingerprint density at radius 1 is 1.17 bits per heavy atom. The topological polar surface area (TPSA) is 20.2 Å². The first-order valence-corrected chi connectivity index (χ1v) is 4.48. The molecule has 0 aliphatic carbocycles. The fraction of sp³-hybridized carbons (Fsp3) is 0.143. The van der Waals surface area contributed by atoms with Gasteiger partial charge in [0, 0.05) is 10.6 Å². The van der Waals surface area contributed by atoms with E-state index in [1.54, 1.807) is 0 Å². The van der Waals surface area contributed by atoms with Gasteiger partial charge in [0.1, 0.15) is 5.75 Å². The molecule has 0 spiro atoms. The third-order valence-electron chi connectivity index (χ3n) is 1.26. The fourth-order valence-electron chi connectivity index (χ4n) is 0.730. The highest BCUT2D eigenvalue weighted by Gasteiger charge is 2.25. The highest BCUT2D eigenvalue weighted by atomic mass is 35.6. The van der Waals surface area contributed by atoms with Gasteiger partial charge >= 0.3 is 0 Å². The van der Waals surface area contributed by atoms with Gasteiger partial charge in [-0.15, -0.1) is 0 Å². The summed E-state index contributed by atoms with van der Waals surface area (Å²) in [6.45, 7) is 0. The van der Waals surface area contributed by atoms with Gasteiger partial charge in [-0.25, -0.2) is 0 Å². The van der Waals surface area contributed by atoms with Crippen LogP contribution in [0.3, 0.4) is 0 Å². The minimum Gasteiger partial charge on any atom is -0.508 e. The Balaban J connectivity index is 3.23. The molecule has 0 saturated carbocycles. The van der Waals surface area contributed by atoms with Gasteiger partial charge in [-0.05, 0) is 18.2 Å². The number of alkyl halides is 3. The summed E-state index contributed by atoms with van der Waals surface area (Å²) < 4.78 is -1.60. The van der Waals surface area contributed by atoms with Crippen molar-refractivity contribution in [2.45, 2.75) is 3.79 Å². The molecule has 1 aromatic carbocycles. The zero-order valence-electron chi connectivity index (χ0n) is 5.69. The second-order valence-electron chi connectivity index (χ2n) is 2.16. The van der Waals surface area contributed by atoms with E-state index in [0.717, 1.165) is 0 Å². The van der Waals surface area contributed by atoms with E-state index in [2.05, 4.69) is 0 Å². The van der Waals surface area contributed by atoms with Crippen molar-refractivity contribution in [2.75, 3.05) is 0 Å². The van der Waals surface area contributed by atoms with Crippen molar-refractivity contribution >= 4 is 46.4 Å². The molecular formula is C7H4Cl4O. The maximum atomic E-state index is 9.07. The van der Waals surface area contributed by atoms with E-state index in [1.165, 1.54) is 18.2 Å². The van der Waals surface area contributed by atoms with Gasteiger partial charge in [0.05, 0.1) is 0 Å². The van der Waals surface area contributed by atoms with Crippen molar-refractivity contribution in [3.63, 3.8) is 0 Å². The molecule has 0 radical (unpaired) electrons. The summed E-state index contributed by atoms with van der Waals surface area (Å²) in [5.41, 5.74) is 0.272. The highest BCUT2D eigenvalue weighted by molar-refractivity contribution is 6.67. The van der Waals surface area contributed by atoms with E-state index in [-0.39, 0.29) is 11.3 Å². The molecule has 0 aliphatic heterocycles. The van der Waals surface area contributed by atoms with Crippen molar-refractivity contribution in [1.82, 2.24) is 0 Å². The average Bonchev–Trinajstić information content (AvgIpc) is 1.92. The van der Waals surface area contributed by atoms with Gasteiger partial charge in [0.25, 0.3) is 0 Å². The van der Waals surface area contributed by atoms with Gasteiger partial charge in [-0.2, -0.15) is 0 Å². The molecule has 1 nitrogen and oxygen atoms in total. The standard InChI is InChI=1S/C7H4Cl4O/c8-6-2-1-4(12)3-5(6)7(9,10)11/h1-3,12H. The Morgan fingerprint density at radius 3 is 2.17 bits per heavy atom. The average molecular weight is 246 g/mol. The number of phenols is 1. The third-order valence-corrected chi connectivity index (χ3v) is 2.20. The second kappa shape index (κ2) is 3.51. The summed E-state index contributed by atoms with van der Waals surface area (Å²) in [7, 11) is 0. The lowest BCUT2D eigenvalue weighted by molar-refractivity contribution is 0.474. The van der Waals surface area contributed by atoms with Crippen molar-refractivity contribution in [1.29, 1.82) is 0 Å². The molecule has 0 fully saturated rings. The Hall–Kier alpha value is 0.180. The van der Waals surface area contributed by atoms with Gasteiger partial charge in [-0.1, -0.05) is 46.4 Å². The van der Waals surface area contributed by atoms with Crippen LogP contribution in [0.1, 0.15) is 5.56 Å². The van der Waals surface area contributed by atoms with Crippen LogP contribution in [-0.4, -0.2) is 5.11 Å². The molecular weight excluding hydrogens is 242 g/mol. The predicted octanol–water partition coefficient (Wildman–Crippen LogP) is 3.87. The van der Waals surface area contributed by atoms with E-state index in [0.29, 0.717) is 5.02 Å². The number of hydrogen-bond donors (Lipinski definition) is 1. The van der Waals surface area contributed by atoms with Crippen LogP contribution in [0.2, 0.25) is 5.02 Å². The summed E-state index contributed by atoms with van der Waals surface area (Å²) in [5, 5.41) is 9.38. The molecule has 1 aromatic rings. The van der Waals surface area contributed by atoms with Crippen molar-refractivity contribution in [3.8, 4) is 5.75 Å². The lowest BCUT2D eigenvalue weighted by Gasteiger charge is -2.12. The van der Waals surface area contributed by atoms with Crippen LogP contribution in [0.4, 0.5) is 0 Å². The van der Waals surface area contributed by atoms with E-state index < -0.39 is 3.79 Å². The molecule has 0 aliphatic rings. The normalized spacial score (nSPS) is 11.7. The number of hydrogen-bond acceptors (Lipinski definition) is 1. The van der Waals surface area contributed by atoms with E-state index in [1.807, 2.05) is 0 Å². The first-order chi connectivity index (χ1) is 5.41. The van der Waals surface area contributed by atoms with Crippen molar-refractivity contribution in [3.05, 3.63) is 28.8 Å². The first-order valence-electron chi connectivity index (χ1n) is 2.97. The number of halogens is 4. The second-order valence-corrected chi connectivity index (χ2v) is 4.85. The first kappa shape index (κ1) is 10.3. The Bertz CT molecular complexity index is 292. The number of rotatable bonds is 0. The third kappa shape index (κ3) is 2.33. The predicted molar refractivity (Wildman–Crippen MR) is 52.4 cm³/mol. The molecule has 66 valence electrons. The van der Waals surface area contributed by atoms with E-state index in [9.17, 15) is 0 Å². The zero-order valence-corrected chi connectivity index (χ0v) is 8.71. The minimum absolute atomic E-state index is 0.0146. The van der Waals surface area contributed by atoms with Crippen LogP contribution in [0, 0.1) is 0 Å². The summed E-state index contributed by atoms with van der Waals surface area (Å²) in [6, 6.07) is 4.20. The van der Waals surface area contributed by atoms with E-state index in [4.69, 9.17) is 51.5 Å². The SMILES string of the molecule is Oc1ccc(Cl)c(C(Cl)(Cl)Cl)c1. The monoisotopic (exact) mass is 244 g/mol. The number of aromatic hydroxyl groups is 1. The summed E-state index contributed by atoms with van der Waals surface area (Å²) in [6.07, 6.45) is 0. The molecule has 0 atom stereocenters. The molecule has 0 bridgehead atoms. The summed E-state index contributed by atoms with van der Waals surface area (Å²) >= 11 is 22.4. The van der Waals surface area contributed by atoms with Crippen LogP contribution in [-0.2, 0) is 3.79 Å². The van der Waals surface area contributed by atoms with Crippen molar-refractivity contribution < 1.29 is 5.11 Å². The molecule has 12 heavy (non-hydrogen) atoms. The smallest absolute Gasteiger partial charge is 0.217 e. The molecule has 0 amide bonds. The molecule has 1 N–H and O–H groups in total. The minimum atomic E-state index is -1.60. The van der Waals surface area contributed by atoms with Crippen LogP contribution in [0.5, 0.6) is 5.75 Å². The molecule has 0 unspecified atom stereocenters. The maximum absolute atomic E-state index is 9.07. The molecule has 5 heteroatoms. The largest absolute Gasteiger partial charge is 0.508 e. The van der Waals surface area contributed by atoms with Crippen LogP contribution in [0.25, 0.3) is 0 Å². The Kier molecular flexibility index (Phi) is 3.00. The number of benzene rings is 1. The van der Waals surface area contributed by atoms with Crippen LogP contribution < -0.4 is 0 Å².